The van der Waals surface area contributed by atoms with Crippen molar-refractivity contribution in [1.29, 1.82) is 0 Å². The first-order valence-electron chi connectivity index (χ1n) is 14.6. The predicted octanol–water partition coefficient (Wildman–Crippen LogP) is 5.12. The lowest BCUT2D eigenvalue weighted by Crippen LogP contribution is -2.69. The first-order chi connectivity index (χ1) is 20.7. The molecule has 42 heavy (non-hydrogen) atoms. The van der Waals surface area contributed by atoms with Crippen LogP contribution in [0.2, 0.25) is 0 Å². The SMILES string of the molecule is O[C@@H]1[C@@H](OCc2ccccc2)[C@@H](OCc2ccccc2)[C@H](O)[C@@H]2C=C[C@H]1N(Cc1ccccc1)N2Cc1ccccc1. The van der Waals surface area contributed by atoms with Crippen LogP contribution in [-0.2, 0) is 35.8 Å². The lowest BCUT2D eigenvalue weighted by atomic mass is 9.86. The maximum Gasteiger partial charge on any atom is 0.114 e. The molecular formula is C36H38N2O4. The Bertz CT molecular complexity index is 1290. The number of ether oxygens (including phenoxy) is 2. The summed E-state index contributed by atoms with van der Waals surface area (Å²) < 4.78 is 13.0. The summed E-state index contributed by atoms with van der Waals surface area (Å²) in [5.74, 6) is 0. The average molecular weight is 563 g/mol. The quantitative estimate of drug-likeness (QED) is 0.262. The van der Waals surface area contributed by atoms with Crippen molar-refractivity contribution in [2.75, 3.05) is 0 Å². The minimum absolute atomic E-state index is 0.300. The third kappa shape index (κ3) is 6.55. The maximum atomic E-state index is 12.1. The summed E-state index contributed by atoms with van der Waals surface area (Å²) in [6, 6.07) is 39.5. The van der Waals surface area contributed by atoms with Crippen molar-refractivity contribution in [2.45, 2.75) is 62.8 Å². The van der Waals surface area contributed by atoms with Crippen LogP contribution in [0.3, 0.4) is 0 Å². The second-order valence-corrected chi connectivity index (χ2v) is 11.0. The molecule has 0 amide bonds. The predicted molar refractivity (Wildman–Crippen MR) is 163 cm³/mol. The zero-order valence-corrected chi connectivity index (χ0v) is 23.6. The monoisotopic (exact) mass is 562 g/mol. The van der Waals surface area contributed by atoms with Crippen molar-refractivity contribution >= 4 is 0 Å². The Morgan fingerprint density at radius 1 is 0.452 bits per heavy atom. The fraction of sp³-hybridized carbons (Fsp3) is 0.278. The Morgan fingerprint density at radius 2 is 0.762 bits per heavy atom. The first-order valence-corrected chi connectivity index (χ1v) is 14.6. The van der Waals surface area contributed by atoms with E-state index in [1.54, 1.807) is 0 Å². The number of benzene rings is 4. The van der Waals surface area contributed by atoms with Gasteiger partial charge in [-0.05, 0) is 22.3 Å². The van der Waals surface area contributed by atoms with Crippen LogP contribution in [0.1, 0.15) is 22.3 Å². The molecule has 0 radical (unpaired) electrons. The topological polar surface area (TPSA) is 65.4 Å². The number of hydrogen-bond donors (Lipinski definition) is 2. The van der Waals surface area contributed by atoms with Crippen LogP contribution < -0.4 is 0 Å². The van der Waals surface area contributed by atoms with E-state index in [0.29, 0.717) is 26.3 Å². The Kier molecular flexibility index (Phi) is 9.21. The van der Waals surface area contributed by atoms with Crippen LogP contribution in [0.25, 0.3) is 0 Å². The number of fused-ring (bicyclic) bond motifs is 4. The van der Waals surface area contributed by atoms with Crippen LogP contribution in [0.15, 0.2) is 133 Å². The van der Waals surface area contributed by atoms with Gasteiger partial charge in [0.15, 0.2) is 0 Å². The largest absolute Gasteiger partial charge is 0.388 e. The highest BCUT2D eigenvalue weighted by molar-refractivity contribution is 5.22. The van der Waals surface area contributed by atoms with E-state index in [9.17, 15) is 10.2 Å². The molecule has 2 bridgehead atoms. The van der Waals surface area contributed by atoms with Crippen LogP contribution >= 0.6 is 0 Å². The van der Waals surface area contributed by atoms with Gasteiger partial charge in [0.1, 0.15) is 24.4 Å². The summed E-state index contributed by atoms with van der Waals surface area (Å²) in [5.41, 5.74) is 4.23. The van der Waals surface area contributed by atoms with Crippen LogP contribution in [0, 0.1) is 0 Å². The highest BCUT2D eigenvalue weighted by atomic mass is 16.6. The van der Waals surface area contributed by atoms with E-state index in [0.717, 1.165) is 22.3 Å². The number of aliphatic hydroxyl groups is 2. The summed E-state index contributed by atoms with van der Waals surface area (Å²) in [6.07, 6.45) is 0.578. The molecule has 0 unspecified atom stereocenters. The van der Waals surface area contributed by atoms with Crippen molar-refractivity contribution in [3.63, 3.8) is 0 Å². The van der Waals surface area contributed by atoms with Gasteiger partial charge in [-0.1, -0.05) is 133 Å². The van der Waals surface area contributed by atoms with E-state index in [2.05, 4.69) is 34.3 Å². The molecule has 2 aliphatic heterocycles. The van der Waals surface area contributed by atoms with Crippen molar-refractivity contribution in [2.24, 2.45) is 0 Å². The highest BCUT2D eigenvalue weighted by Gasteiger charge is 2.50. The Balaban J connectivity index is 1.36. The minimum Gasteiger partial charge on any atom is -0.388 e. The van der Waals surface area contributed by atoms with Gasteiger partial charge >= 0.3 is 0 Å². The second kappa shape index (κ2) is 13.6. The molecule has 7 rings (SSSR count). The summed E-state index contributed by atoms with van der Waals surface area (Å²) in [7, 11) is 0. The molecule has 6 nitrogen and oxygen atoms in total. The van der Waals surface area contributed by atoms with E-state index < -0.39 is 24.4 Å². The highest BCUT2D eigenvalue weighted by Crippen LogP contribution is 2.35. The van der Waals surface area contributed by atoms with Gasteiger partial charge in [-0.2, -0.15) is 0 Å². The van der Waals surface area contributed by atoms with E-state index in [4.69, 9.17) is 9.47 Å². The lowest BCUT2D eigenvalue weighted by Gasteiger charge is -2.53. The van der Waals surface area contributed by atoms with Gasteiger partial charge in [-0.25, -0.2) is 10.0 Å². The van der Waals surface area contributed by atoms with Gasteiger partial charge in [-0.3, -0.25) is 0 Å². The molecule has 3 aliphatic rings. The summed E-state index contributed by atoms with van der Waals surface area (Å²) in [5, 5.41) is 28.6. The summed E-state index contributed by atoms with van der Waals surface area (Å²) in [4.78, 5) is 0. The van der Waals surface area contributed by atoms with Crippen molar-refractivity contribution in [1.82, 2.24) is 10.0 Å². The number of hydrogen-bond acceptors (Lipinski definition) is 6. The minimum atomic E-state index is -0.969. The molecule has 2 heterocycles. The molecule has 216 valence electrons. The zero-order valence-electron chi connectivity index (χ0n) is 23.6. The Hall–Kier alpha value is -3.62. The van der Waals surface area contributed by atoms with Crippen molar-refractivity contribution in [3.05, 3.63) is 156 Å². The van der Waals surface area contributed by atoms with Crippen molar-refractivity contribution in [3.8, 4) is 0 Å². The zero-order chi connectivity index (χ0) is 28.7. The lowest BCUT2D eigenvalue weighted by molar-refractivity contribution is -0.237. The van der Waals surface area contributed by atoms with E-state index >= 15 is 0 Å². The van der Waals surface area contributed by atoms with Crippen LogP contribution in [-0.4, -0.2) is 56.7 Å². The van der Waals surface area contributed by atoms with Gasteiger partial charge in [0.2, 0.25) is 0 Å². The van der Waals surface area contributed by atoms with E-state index in [1.165, 1.54) is 0 Å². The molecule has 6 atom stereocenters. The molecule has 6 heteroatoms. The van der Waals surface area contributed by atoms with E-state index in [1.807, 2.05) is 109 Å². The van der Waals surface area contributed by atoms with Crippen LogP contribution in [0.5, 0.6) is 0 Å². The molecular weight excluding hydrogens is 524 g/mol. The van der Waals surface area contributed by atoms with Crippen LogP contribution in [0.4, 0.5) is 0 Å². The maximum absolute atomic E-state index is 12.1. The Labute approximate surface area is 248 Å². The number of hydrazine groups is 1. The number of rotatable bonds is 10. The molecule has 0 saturated carbocycles. The van der Waals surface area contributed by atoms with Gasteiger partial charge in [0.05, 0.1) is 25.3 Å². The summed E-state index contributed by atoms with van der Waals surface area (Å²) >= 11 is 0. The molecule has 2 N–H and O–H groups in total. The first kappa shape index (κ1) is 28.5. The normalized spacial score (nSPS) is 26.1. The average Bonchev–Trinajstić information content (AvgIpc) is 3.04. The standard InChI is InChI=1S/C36H38N2O4/c39-33-31-21-22-32(38(24-28-15-7-2-8-16-28)37(31)23-27-13-5-1-6-14-27)34(40)36(42-26-30-19-11-4-12-20-30)35(33)41-25-29-17-9-3-10-18-29/h1-22,31-36,39-40H,23-26H2/t31-,32+,33+,34-,35-,36+. The smallest absolute Gasteiger partial charge is 0.114 e. The van der Waals surface area contributed by atoms with Gasteiger partial charge in [0, 0.05) is 13.1 Å². The Morgan fingerprint density at radius 3 is 1.10 bits per heavy atom. The molecule has 0 aromatic heterocycles. The molecule has 0 spiro atoms. The third-order valence-corrected chi connectivity index (χ3v) is 8.17. The van der Waals surface area contributed by atoms with Gasteiger partial charge in [-0.15, -0.1) is 0 Å². The molecule has 1 fully saturated rings. The second-order valence-electron chi connectivity index (χ2n) is 11.0. The van der Waals surface area contributed by atoms with Crippen molar-refractivity contribution < 1.29 is 19.7 Å². The fourth-order valence-electron chi connectivity index (χ4n) is 5.98. The molecule has 1 aliphatic carbocycles. The van der Waals surface area contributed by atoms with E-state index in [-0.39, 0.29) is 12.1 Å². The molecule has 4 aromatic carbocycles. The third-order valence-electron chi connectivity index (χ3n) is 8.17. The van der Waals surface area contributed by atoms with Gasteiger partial charge < -0.3 is 19.7 Å². The number of nitrogens with zero attached hydrogens (tertiary/aromatic N) is 2. The fourth-order valence-corrected chi connectivity index (χ4v) is 5.98. The summed E-state index contributed by atoms with van der Waals surface area (Å²) in [6.45, 7) is 1.75. The van der Waals surface area contributed by atoms with Gasteiger partial charge in [0.25, 0.3) is 0 Å². The molecule has 1 saturated heterocycles. The number of aliphatic hydroxyl groups excluding tert-OH is 2. The molecule has 4 aromatic rings.